The van der Waals surface area contributed by atoms with Crippen molar-refractivity contribution in [3.05, 3.63) is 0 Å². The van der Waals surface area contributed by atoms with Crippen LogP contribution in [-0.2, 0) is 4.79 Å². The lowest BCUT2D eigenvalue weighted by Crippen LogP contribution is -2.40. The molecule has 0 atom stereocenters. The monoisotopic (exact) mass is 304 g/mol. The van der Waals surface area contributed by atoms with E-state index in [1.807, 2.05) is 0 Å². The van der Waals surface area contributed by atoms with E-state index in [1.54, 1.807) is 17.5 Å². The van der Waals surface area contributed by atoms with E-state index in [-0.39, 0.29) is 0 Å². The molecule has 0 bridgehead atoms. The van der Waals surface area contributed by atoms with Crippen molar-refractivity contribution in [1.82, 2.24) is 5.32 Å². The number of halogens is 2. The minimum atomic E-state index is -1.54. The molecular weight excluding hydrogens is 304 g/mol. The van der Waals surface area contributed by atoms with Gasteiger partial charge in [-0.2, -0.15) is 15.8 Å². The van der Waals surface area contributed by atoms with Crippen molar-refractivity contribution in [1.29, 1.82) is 15.8 Å². The number of hydrogen-bond donors (Lipinski definition) is 1. The quantitative estimate of drug-likeness (QED) is 0.462. The molecule has 0 rings (SSSR count). The number of carbonyl (C=O) groups excluding carboxylic acids is 1. The Balaban J connectivity index is 4.79. The van der Waals surface area contributed by atoms with Gasteiger partial charge in [-0.1, -0.05) is 31.9 Å². The zero-order valence-corrected chi connectivity index (χ0v) is 9.26. The molecule has 1 amide bonds. The fourth-order valence-electron chi connectivity index (χ4n) is 0.456. The van der Waals surface area contributed by atoms with Gasteiger partial charge in [-0.05, 0) is 0 Å². The van der Waals surface area contributed by atoms with Crippen LogP contribution in [0.15, 0.2) is 0 Å². The SMILES string of the molecule is N#CNC(=O)C(Br)(Br)C(C#N)C#N. The average Bonchev–Trinajstić information content (AvgIpc) is 2.06. The van der Waals surface area contributed by atoms with Gasteiger partial charge in [0.15, 0.2) is 15.3 Å². The first-order valence-electron chi connectivity index (χ1n) is 2.87. The van der Waals surface area contributed by atoms with Crippen LogP contribution >= 0.6 is 31.9 Å². The summed E-state index contributed by atoms with van der Waals surface area (Å²) < 4.78 is -1.54. The van der Waals surface area contributed by atoms with Crippen molar-refractivity contribution in [2.24, 2.45) is 5.92 Å². The second kappa shape index (κ2) is 4.81. The summed E-state index contributed by atoms with van der Waals surface area (Å²) in [6.45, 7) is 0. The average molecular weight is 306 g/mol. The number of hydrogen-bond acceptors (Lipinski definition) is 4. The van der Waals surface area contributed by atoms with E-state index >= 15 is 0 Å². The van der Waals surface area contributed by atoms with Crippen molar-refractivity contribution >= 4 is 37.8 Å². The third kappa shape index (κ3) is 2.69. The number of rotatable bonds is 2. The van der Waals surface area contributed by atoms with Crippen LogP contribution in [0.25, 0.3) is 0 Å². The number of alkyl halides is 2. The third-order valence-electron chi connectivity index (χ3n) is 1.09. The summed E-state index contributed by atoms with van der Waals surface area (Å²) in [6.07, 6.45) is 1.40. The normalized spacial score (nSPS) is 9.54. The summed E-state index contributed by atoms with van der Waals surface area (Å²) in [5.74, 6) is -2.01. The molecule has 66 valence electrons. The van der Waals surface area contributed by atoms with Gasteiger partial charge in [0.25, 0.3) is 5.91 Å². The Morgan fingerprint density at radius 3 is 2.08 bits per heavy atom. The molecule has 0 unspecified atom stereocenters. The second-order valence-electron chi connectivity index (χ2n) is 1.88. The maximum absolute atomic E-state index is 11.1. The first kappa shape index (κ1) is 11.9. The van der Waals surface area contributed by atoms with Gasteiger partial charge in [-0.3, -0.25) is 10.1 Å². The van der Waals surface area contributed by atoms with E-state index in [0.29, 0.717) is 0 Å². The predicted octanol–water partition coefficient (Wildman–Crippen LogP) is 0.733. The van der Waals surface area contributed by atoms with E-state index < -0.39 is 15.1 Å². The highest BCUT2D eigenvalue weighted by atomic mass is 79.9. The van der Waals surface area contributed by atoms with Gasteiger partial charge in [0.1, 0.15) is 0 Å². The second-order valence-corrected chi connectivity index (χ2v) is 5.45. The molecule has 0 heterocycles. The highest BCUT2D eigenvalue weighted by Gasteiger charge is 2.42. The molecule has 0 saturated carbocycles. The van der Waals surface area contributed by atoms with Crippen LogP contribution in [0.4, 0.5) is 0 Å². The first-order chi connectivity index (χ1) is 6.00. The number of nitrogens with one attached hydrogen (secondary N) is 1. The molecule has 0 aromatic carbocycles. The van der Waals surface area contributed by atoms with Crippen molar-refractivity contribution in [3.63, 3.8) is 0 Å². The van der Waals surface area contributed by atoms with Gasteiger partial charge in [0.05, 0.1) is 12.1 Å². The topological polar surface area (TPSA) is 100 Å². The zero-order chi connectivity index (χ0) is 10.5. The molecule has 0 spiro atoms. The van der Waals surface area contributed by atoms with Gasteiger partial charge in [0, 0.05) is 0 Å². The van der Waals surface area contributed by atoms with E-state index in [1.165, 1.54) is 6.19 Å². The molecule has 1 N–H and O–H groups in total. The maximum atomic E-state index is 11.1. The molecular formula is C6H2Br2N4O. The number of carbonyl (C=O) groups is 1. The van der Waals surface area contributed by atoms with Gasteiger partial charge < -0.3 is 0 Å². The molecule has 0 aliphatic carbocycles. The lowest BCUT2D eigenvalue weighted by Gasteiger charge is -2.17. The van der Waals surface area contributed by atoms with Crippen molar-refractivity contribution < 1.29 is 4.79 Å². The smallest absolute Gasteiger partial charge is 0.263 e. The zero-order valence-electron chi connectivity index (χ0n) is 6.08. The largest absolute Gasteiger partial charge is 0.271 e. The van der Waals surface area contributed by atoms with Crippen LogP contribution in [0.3, 0.4) is 0 Å². The lowest BCUT2D eigenvalue weighted by atomic mass is 10.1. The van der Waals surface area contributed by atoms with E-state index in [4.69, 9.17) is 15.8 Å². The Labute approximate surface area is 91.2 Å². The Kier molecular flexibility index (Phi) is 4.40. The summed E-state index contributed by atoms with van der Waals surface area (Å²) >= 11 is 5.69. The molecule has 7 heteroatoms. The summed E-state index contributed by atoms with van der Waals surface area (Å²) in [4.78, 5) is 11.1. The van der Waals surface area contributed by atoms with Gasteiger partial charge in [0.2, 0.25) is 0 Å². The molecule has 13 heavy (non-hydrogen) atoms. The van der Waals surface area contributed by atoms with Crippen LogP contribution in [-0.4, -0.2) is 9.14 Å². The van der Waals surface area contributed by atoms with Crippen molar-refractivity contribution in [2.75, 3.05) is 0 Å². The highest BCUT2D eigenvalue weighted by molar-refractivity contribution is 9.26. The molecule has 0 aromatic heterocycles. The minimum Gasteiger partial charge on any atom is -0.271 e. The molecule has 0 radical (unpaired) electrons. The lowest BCUT2D eigenvalue weighted by molar-refractivity contribution is -0.120. The molecule has 5 nitrogen and oxygen atoms in total. The van der Waals surface area contributed by atoms with Crippen LogP contribution in [0.5, 0.6) is 0 Å². The summed E-state index contributed by atoms with van der Waals surface area (Å²) in [5, 5.41) is 26.9. The van der Waals surface area contributed by atoms with E-state index in [2.05, 4.69) is 31.9 Å². The van der Waals surface area contributed by atoms with Gasteiger partial charge in [-0.25, -0.2) is 0 Å². The predicted molar refractivity (Wildman–Crippen MR) is 49.1 cm³/mol. The Morgan fingerprint density at radius 2 is 1.77 bits per heavy atom. The van der Waals surface area contributed by atoms with Crippen LogP contribution in [0.1, 0.15) is 0 Å². The highest BCUT2D eigenvalue weighted by Crippen LogP contribution is 2.34. The Morgan fingerprint density at radius 1 is 1.31 bits per heavy atom. The summed E-state index contributed by atoms with van der Waals surface area (Å²) in [5.41, 5.74) is 0. The maximum Gasteiger partial charge on any atom is 0.263 e. The molecule has 0 aliphatic rings. The molecule has 0 aliphatic heterocycles. The fraction of sp³-hybridized carbons (Fsp3) is 0.333. The van der Waals surface area contributed by atoms with Crippen LogP contribution in [0, 0.1) is 40.0 Å². The Bertz CT molecular complexity index is 318. The van der Waals surface area contributed by atoms with E-state index in [9.17, 15) is 4.79 Å². The van der Waals surface area contributed by atoms with E-state index in [0.717, 1.165) is 0 Å². The summed E-state index contributed by atoms with van der Waals surface area (Å²) in [6, 6.07) is 3.21. The molecule has 0 fully saturated rings. The number of amides is 1. The van der Waals surface area contributed by atoms with Gasteiger partial charge >= 0.3 is 0 Å². The first-order valence-corrected chi connectivity index (χ1v) is 4.45. The molecule has 0 saturated heterocycles. The van der Waals surface area contributed by atoms with Gasteiger partial charge in [-0.15, -0.1) is 0 Å². The minimum absolute atomic E-state index is 0.789. The Hall–Kier alpha value is -1.10. The molecule has 0 aromatic rings. The van der Waals surface area contributed by atoms with Crippen LogP contribution in [0.2, 0.25) is 0 Å². The standard InChI is InChI=1S/C6H2Br2N4O/c7-6(8,4(1-9)2-10)5(13)12-3-11/h4H,(H,12,13). The number of nitriles is 3. The van der Waals surface area contributed by atoms with Crippen molar-refractivity contribution in [3.8, 4) is 18.3 Å². The van der Waals surface area contributed by atoms with Crippen molar-refractivity contribution in [2.45, 2.75) is 3.23 Å². The summed E-state index contributed by atoms with van der Waals surface area (Å²) in [7, 11) is 0. The fourth-order valence-corrected chi connectivity index (χ4v) is 1.06. The third-order valence-corrected chi connectivity index (χ3v) is 2.73. The van der Waals surface area contributed by atoms with Crippen LogP contribution < -0.4 is 5.32 Å². The number of nitrogens with zero attached hydrogens (tertiary/aromatic N) is 3.